The van der Waals surface area contributed by atoms with Crippen molar-refractivity contribution in [3.63, 3.8) is 0 Å². The summed E-state index contributed by atoms with van der Waals surface area (Å²) in [5.41, 5.74) is 5.01. The first-order chi connectivity index (χ1) is 16.2. The zero-order chi connectivity index (χ0) is 22.6. The number of hydrogen-bond acceptors (Lipinski definition) is 7. The minimum absolute atomic E-state index is 0.546. The Morgan fingerprint density at radius 2 is 1.79 bits per heavy atom. The first-order valence-electron chi connectivity index (χ1n) is 10.6. The van der Waals surface area contributed by atoms with E-state index in [1.807, 2.05) is 40.8 Å². The van der Waals surface area contributed by atoms with Crippen LogP contribution in [0.5, 0.6) is 5.75 Å². The third-order valence-corrected chi connectivity index (χ3v) is 5.46. The third kappa shape index (κ3) is 4.67. The Morgan fingerprint density at radius 3 is 2.48 bits per heavy atom. The van der Waals surface area contributed by atoms with Crippen molar-refractivity contribution in [2.75, 3.05) is 12.4 Å². The number of benzene rings is 1. The van der Waals surface area contributed by atoms with Crippen molar-refractivity contribution in [1.29, 1.82) is 0 Å². The van der Waals surface area contributed by atoms with Gasteiger partial charge in [0, 0.05) is 18.6 Å². The van der Waals surface area contributed by atoms with Crippen molar-refractivity contribution in [2.24, 2.45) is 0 Å². The van der Waals surface area contributed by atoms with Crippen LogP contribution in [0.1, 0.15) is 22.4 Å². The molecule has 0 saturated carbocycles. The predicted molar refractivity (Wildman–Crippen MR) is 125 cm³/mol. The highest BCUT2D eigenvalue weighted by Gasteiger charge is 2.10. The molecule has 4 heterocycles. The number of nitrogens with zero attached hydrogens (tertiary/aromatic N) is 7. The van der Waals surface area contributed by atoms with Crippen molar-refractivity contribution in [1.82, 2.24) is 34.5 Å². The molecule has 9 heteroatoms. The zero-order valence-electron chi connectivity index (χ0n) is 18.5. The van der Waals surface area contributed by atoms with E-state index in [9.17, 15) is 0 Å². The lowest BCUT2D eigenvalue weighted by Gasteiger charge is -2.09. The van der Waals surface area contributed by atoms with Crippen LogP contribution >= 0.6 is 0 Å². The van der Waals surface area contributed by atoms with Crippen molar-refractivity contribution in [2.45, 2.75) is 26.6 Å². The molecule has 166 valence electrons. The van der Waals surface area contributed by atoms with Crippen LogP contribution in [-0.4, -0.2) is 41.6 Å². The molecular weight excluding hydrogens is 416 g/mol. The van der Waals surface area contributed by atoms with Crippen molar-refractivity contribution < 1.29 is 4.74 Å². The molecule has 9 nitrogen and oxygen atoms in total. The van der Waals surface area contributed by atoms with Crippen molar-refractivity contribution in [3.8, 4) is 5.75 Å². The molecule has 0 aliphatic carbocycles. The van der Waals surface area contributed by atoms with Crippen LogP contribution in [-0.2, 0) is 19.6 Å². The maximum atomic E-state index is 5.23. The summed E-state index contributed by atoms with van der Waals surface area (Å²) in [6.07, 6.45) is 8.97. The van der Waals surface area contributed by atoms with Crippen LogP contribution in [0.3, 0.4) is 0 Å². The monoisotopic (exact) mass is 440 g/mol. The van der Waals surface area contributed by atoms with Crippen LogP contribution in [0.25, 0.3) is 11.0 Å². The Labute approximate surface area is 191 Å². The maximum absolute atomic E-state index is 5.23. The number of aryl methyl sites for hydroxylation is 1. The third-order valence-electron chi connectivity index (χ3n) is 5.46. The summed E-state index contributed by atoms with van der Waals surface area (Å²) in [4.78, 5) is 13.2. The summed E-state index contributed by atoms with van der Waals surface area (Å²) in [5, 5.41) is 13.1. The minimum Gasteiger partial charge on any atom is -0.495 e. The Morgan fingerprint density at radius 1 is 1.00 bits per heavy atom. The molecule has 0 aliphatic heterocycles. The van der Waals surface area contributed by atoms with E-state index in [1.54, 1.807) is 19.5 Å². The molecule has 0 saturated heterocycles. The van der Waals surface area contributed by atoms with E-state index in [0.29, 0.717) is 18.7 Å². The van der Waals surface area contributed by atoms with Gasteiger partial charge in [-0.25, -0.2) is 9.97 Å². The Hall–Kier alpha value is -4.27. The fourth-order valence-corrected chi connectivity index (χ4v) is 3.67. The minimum atomic E-state index is 0.546. The van der Waals surface area contributed by atoms with Gasteiger partial charge in [-0.05, 0) is 35.7 Å². The van der Waals surface area contributed by atoms with Gasteiger partial charge in [0.1, 0.15) is 17.9 Å². The van der Waals surface area contributed by atoms with E-state index in [-0.39, 0.29) is 0 Å². The lowest BCUT2D eigenvalue weighted by molar-refractivity contribution is 0.412. The highest BCUT2D eigenvalue weighted by atomic mass is 16.5. The smallest absolute Gasteiger partial charge is 0.186 e. The summed E-state index contributed by atoms with van der Waals surface area (Å²) < 4.78 is 9.03. The standard InChI is InChI=1S/C24H24N8O/c1-17-10-20(33-2)11-25-22(17)12-26-23-21-15-32(30-24(21)28-16-27-23)14-19-6-4-18(5-7-19)13-31-9-3-8-29-31/h3-11,15-16H,12-14H2,1-2H3,(H,26,27,28,30). The molecule has 33 heavy (non-hydrogen) atoms. The summed E-state index contributed by atoms with van der Waals surface area (Å²) in [6.45, 7) is 3.97. The molecule has 0 fully saturated rings. The van der Waals surface area contributed by atoms with E-state index in [2.05, 4.69) is 54.7 Å². The number of methoxy groups -OCH3 is 1. The van der Waals surface area contributed by atoms with Gasteiger partial charge in [0.05, 0.1) is 44.0 Å². The van der Waals surface area contributed by atoms with Crippen molar-refractivity contribution >= 4 is 16.9 Å². The van der Waals surface area contributed by atoms with Crippen LogP contribution in [0.15, 0.2) is 67.5 Å². The van der Waals surface area contributed by atoms with Gasteiger partial charge in [0.25, 0.3) is 0 Å². The molecule has 0 amide bonds. The Kier molecular flexibility index (Phi) is 5.67. The second kappa shape index (κ2) is 9.07. The summed E-state index contributed by atoms with van der Waals surface area (Å²) >= 11 is 0. The molecule has 4 aromatic heterocycles. The topological polar surface area (TPSA) is 95.6 Å². The maximum Gasteiger partial charge on any atom is 0.186 e. The Bertz CT molecular complexity index is 1360. The molecule has 0 radical (unpaired) electrons. The number of ether oxygens (including phenoxy) is 1. The summed E-state index contributed by atoms with van der Waals surface area (Å²) in [5.74, 6) is 1.48. The van der Waals surface area contributed by atoms with Gasteiger partial charge in [0.2, 0.25) is 0 Å². The average Bonchev–Trinajstić information content (AvgIpc) is 3.49. The second-order valence-corrected chi connectivity index (χ2v) is 7.80. The zero-order valence-corrected chi connectivity index (χ0v) is 18.5. The van der Waals surface area contributed by atoms with Gasteiger partial charge in [-0.1, -0.05) is 24.3 Å². The van der Waals surface area contributed by atoms with Gasteiger partial charge < -0.3 is 10.1 Å². The van der Waals surface area contributed by atoms with E-state index in [1.165, 1.54) is 11.9 Å². The lowest BCUT2D eigenvalue weighted by Crippen LogP contribution is -2.06. The molecule has 0 unspecified atom stereocenters. The highest BCUT2D eigenvalue weighted by Crippen LogP contribution is 2.20. The van der Waals surface area contributed by atoms with Gasteiger partial charge in [-0.2, -0.15) is 10.2 Å². The quantitative estimate of drug-likeness (QED) is 0.395. The van der Waals surface area contributed by atoms with Crippen LogP contribution in [0.2, 0.25) is 0 Å². The molecule has 0 atom stereocenters. The van der Waals surface area contributed by atoms with Gasteiger partial charge in [0.15, 0.2) is 5.65 Å². The molecule has 5 rings (SSSR count). The molecule has 0 bridgehead atoms. The number of rotatable bonds is 8. The Balaban J connectivity index is 1.29. The van der Waals surface area contributed by atoms with Crippen molar-refractivity contribution in [3.05, 3.63) is 89.9 Å². The number of nitrogens with one attached hydrogen (secondary N) is 1. The van der Waals surface area contributed by atoms with Crippen LogP contribution in [0, 0.1) is 6.92 Å². The molecule has 0 aliphatic rings. The van der Waals surface area contributed by atoms with E-state index in [0.717, 1.165) is 40.3 Å². The van der Waals surface area contributed by atoms with Crippen LogP contribution < -0.4 is 10.1 Å². The lowest BCUT2D eigenvalue weighted by atomic mass is 10.1. The molecule has 0 spiro atoms. The fourth-order valence-electron chi connectivity index (χ4n) is 3.67. The number of pyridine rings is 1. The number of anilines is 1. The molecule has 5 aromatic rings. The molecular formula is C24H24N8O. The number of hydrogen-bond donors (Lipinski definition) is 1. The number of aromatic nitrogens is 7. The normalized spacial score (nSPS) is 11.1. The molecule has 1 N–H and O–H groups in total. The predicted octanol–water partition coefficient (Wildman–Crippen LogP) is 3.44. The highest BCUT2D eigenvalue weighted by molar-refractivity contribution is 5.85. The number of fused-ring (bicyclic) bond motifs is 1. The van der Waals surface area contributed by atoms with Gasteiger partial charge in [-0.3, -0.25) is 14.3 Å². The first kappa shape index (κ1) is 20.6. The summed E-state index contributed by atoms with van der Waals surface area (Å²) in [7, 11) is 1.64. The summed E-state index contributed by atoms with van der Waals surface area (Å²) in [6, 6.07) is 12.4. The van der Waals surface area contributed by atoms with E-state index < -0.39 is 0 Å². The van der Waals surface area contributed by atoms with Gasteiger partial charge in [-0.15, -0.1) is 0 Å². The first-order valence-corrected chi connectivity index (χ1v) is 10.6. The molecule has 1 aromatic carbocycles. The second-order valence-electron chi connectivity index (χ2n) is 7.80. The van der Waals surface area contributed by atoms with Gasteiger partial charge >= 0.3 is 0 Å². The van der Waals surface area contributed by atoms with E-state index in [4.69, 9.17) is 4.74 Å². The van der Waals surface area contributed by atoms with Crippen LogP contribution in [0.4, 0.5) is 5.82 Å². The fraction of sp³-hybridized carbons (Fsp3) is 0.208. The average molecular weight is 441 g/mol. The largest absolute Gasteiger partial charge is 0.495 e. The van der Waals surface area contributed by atoms with E-state index >= 15 is 0 Å². The SMILES string of the molecule is COc1cnc(CNc2ncnc3nn(Cc4ccc(Cn5cccn5)cc4)cc23)c(C)c1.